The maximum Gasteiger partial charge on any atom is 0.239 e. The van der Waals surface area contributed by atoms with Gasteiger partial charge in [-0.3, -0.25) is 0 Å². The van der Waals surface area contributed by atoms with E-state index >= 15 is 0 Å². The Hall–Kier alpha value is -0.810. The molecule has 1 aromatic rings. The molecule has 3 N–H and O–H groups in total. The van der Waals surface area contributed by atoms with Crippen LogP contribution in [0, 0.1) is 0 Å². The van der Waals surface area contributed by atoms with Gasteiger partial charge in [0.05, 0.1) is 4.90 Å². The lowest BCUT2D eigenvalue weighted by Crippen LogP contribution is -2.10. The Morgan fingerprint density at radius 2 is 2.27 bits per heavy atom. The molecule has 0 bridgehead atoms. The SMILES string of the molecule is CCc1cc(S(N)(=O)=O)c[nH]1. The van der Waals surface area contributed by atoms with Crippen molar-refractivity contribution < 1.29 is 8.42 Å². The fraction of sp³-hybridized carbons (Fsp3) is 0.333. The van der Waals surface area contributed by atoms with Crippen molar-refractivity contribution >= 4 is 10.0 Å². The maximum atomic E-state index is 10.7. The number of rotatable bonds is 2. The van der Waals surface area contributed by atoms with Crippen LogP contribution in [0.4, 0.5) is 0 Å². The van der Waals surface area contributed by atoms with E-state index in [0.29, 0.717) is 0 Å². The smallest absolute Gasteiger partial charge is 0.239 e. The fourth-order valence-electron chi connectivity index (χ4n) is 0.787. The first-order valence-corrected chi connectivity index (χ1v) is 4.78. The van der Waals surface area contributed by atoms with E-state index in [4.69, 9.17) is 5.14 Å². The molecule has 0 aliphatic rings. The van der Waals surface area contributed by atoms with Gasteiger partial charge < -0.3 is 4.98 Å². The van der Waals surface area contributed by atoms with E-state index in [1.54, 1.807) is 0 Å². The van der Waals surface area contributed by atoms with E-state index in [1.165, 1.54) is 12.3 Å². The molecular weight excluding hydrogens is 164 g/mol. The summed E-state index contributed by atoms with van der Waals surface area (Å²) in [7, 11) is -3.52. The zero-order valence-electron chi connectivity index (χ0n) is 6.16. The lowest BCUT2D eigenvalue weighted by molar-refractivity contribution is 0.598. The minimum absolute atomic E-state index is 0.148. The molecular formula is C6H10N2O2S. The average molecular weight is 174 g/mol. The van der Waals surface area contributed by atoms with Gasteiger partial charge in [-0.15, -0.1) is 0 Å². The van der Waals surface area contributed by atoms with Crippen LogP contribution >= 0.6 is 0 Å². The molecule has 0 unspecified atom stereocenters. The molecule has 0 aromatic carbocycles. The summed E-state index contributed by atoms with van der Waals surface area (Å²) < 4.78 is 21.4. The number of primary sulfonamides is 1. The van der Waals surface area contributed by atoms with Crippen molar-refractivity contribution in [3.63, 3.8) is 0 Å². The quantitative estimate of drug-likeness (QED) is 0.673. The largest absolute Gasteiger partial charge is 0.364 e. The van der Waals surface area contributed by atoms with E-state index in [-0.39, 0.29) is 4.90 Å². The summed E-state index contributed by atoms with van der Waals surface area (Å²) in [4.78, 5) is 2.95. The maximum absolute atomic E-state index is 10.7. The standard InChI is InChI=1S/C6H10N2O2S/c1-2-5-3-6(4-8-5)11(7,9)10/h3-4,8H,2H2,1H3,(H2,7,9,10). The highest BCUT2D eigenvalue weighted by atomic mass is 32.2. The highest BCUT2D eigenvalue weighted by Gasteiger charge is 2.08. The molecule has 5 heteroatoms. The second-order valence-electron chi connectivity index (χ2n) is 2.26. The summed E-state index contributed by atoms with van der Waals surface area (Å²) in [5.74, 6) is 0. The Kier molecular flexibility index (Phi) is 2.01. The molecule has 4 nitrogen and oxygen atoms in total. The molecule has 0 spiro atoms. The molecule has 62 valence electrons. The number of nitrogens with one attached hydrogen (secondary N) is 1. The monoisotopic (exact) mass is 174 g/mol. The molecule has 0 fully saturated rings. The molecule has 0 aliphatic carbocycles. The van der Waals surface area contributed by atoms with Gasteiger partial charge in [0.15, 0.2) is 0 Å². The van der Waals surface area contributed by atoms with E-state index in [0.717, 1.165) is 12.1 Å². The zero-order valence-corrected chi connectivity index (χ0v) is 6.98. The molecule has 1 heterocycles. The number of sulfonamides is 1. The van der Waals surface area contributed by atoms with Crippen LogP contribution in [0.15, 0.2) is 17.2 Å². The average Bonchev–Trinajstić information content (AvgIpc) is 2.32. The molecule has 0 amide bonds. The van der Waals surface area contributed by atoms with E-state index in [1.807, 2.05) is 6.92 Å². The molecule has 11 heavy (non-hydrogen) atoms. The minimum atomic E-state index is -3.52. The van der Waals surface area contributed by atoms with Crippen molar-refractivity contribution in [3.05, 3.63) is 18.0 Å². The molecule has 0 aliphatic heterocycles. The fourth-order valence-corrected chi connectivity index (χ4v) is 1.32. The topological polar surface area (TPSA) is 76.0 Å². The number of H-pyrrole nitrogens is 1. The Morgan fingerprint density at radius 1 is 1.64 bits per heavy atom. The number of aryl methyl sites for hydroxylation is 1. The summed E-state index contributed by atoms with van der Waals surface area (Å²) in [6.07, 6.45) is 2.17. The van der Waals surface area contributed by atoms with Gasteiger partial charge in [-0.05, 0) is 12.5 Å². The lowest BCUT2D eigenvalue weighted by atomic mass is 10.3. The van der Waals surface area contributed by atoms with Gasteiger partial charge in [-0.25, -0.2) is 13.6 Å². The highest BCUT2D eigenvalue weighted by molar-refractivity contribution is 7.89. The van der Waals surface area contributed by atoms with Crippen LogP contribution in [0.25, 0.3) is 0 Å². The van der Waals surface area contributed by atoms with Gasteiger partial charge in [-0.2, -0.15) is 0 Å². The van der Waals surface area contributed by atoms with Crippen molar-refractivity contribution in [2.45, 2.75) is 18.2 Å². The second-order valence-corrected chi connectivity index (χ2v) is 3.82. The third-order valence-corrected chi connectivity index (χ3v) is 2.32. The Labute approximate surface area is 65.5 Å². The summed E-state index contributed by atoms with van der Waals surface area (Å²) in [6, 6.07) is 1.54. The van der Waals surface area contributed by atoms with Gasteiger partial charge in [0.1, 0.15) is 0 Å². The Balaban J connectivity index is 3.09. The Morgan fingerprint density at radius 3 is 2.55 bits per heavy atom. The number of aromatic nitrogens is 1. The number of hydrogen-bond donors (Lipinski definition) is 2. The van der Waals surface area contributed by atoms with Gasteiger partial charge in [0.2, 0.25) is 10.0 Å². The van der Waals surface area contributed by atoms with Crippen LogP contribution in [0.3, 0.4) is 0 Å². The van der Waals surface area contributed by atoms with Crippen molar-refractivity contribution in [3.8, 4) is 0 Å². The molecule has 1 aromatic heterocycles. The van der Waals surface area contributed by atoms with Crippen molar-refractivity contribution in [2.75, 3.05) is 0 Å². The van der Waals surface area contributed by atoms with Gasteiger partial charge >= 0.3 is 0 Å². The first-order valence-electron chi connectivity index (χ1n) is 3.24. The summed E-state index contributed by atoms with van der Waals surface area (Å²) in [5.41, 5.74) is 0.869. The zero-order chi connectivity index (χ0) is 8.48. The van der Waals surface area contributed by atoms with Crippen LogP contribution < -0.4 is 5.14 Å². The van der Waals surface area contributed by atoms with Crippen LogP contribution in [-0.4, -0.2) is 13.4 Å². The highest BCUT2D eigenvalue weighted by Crippen LogP contribution is 2.08. The molecule has 0 saturated heterocycles. The van der Waals surface area contributed by atoms with E-state index in [2.05, 4.69) is 4.98 Å². The van der Waals surface area contributed by atoms with Gasteiger partial charge in [0.25, 0.3) is 0 Å². The minimum Gasteiger partial charge on any atom is -0.364 e. The van der Waals surface area contributed by atoms with Crippen LogP contribution in [0.5, 0.6) is 0 Å². The lowest BCUT2D eigenvalue weighted by Gasteiger charge is -1.88. The third kappa shape index (κ3) is 1.81. The van der Waals surface area contributed by atoms with Crippen LogP contribution in [0.2, 0.25) is 0 Å². The number of hydrogen-bond acceptors (Lipinski definition) is 2. The van der Waals surface area contributed by atoms with E-state index < -0.39 is 10.0 Å². The third-order valence-electron chi connectivity index (χ3n) is 1.43. The Bertz CT molecular complexity index is 339. The number of aromatic amines is 1. The first kappa shape index (κ1) is 8.29. The summed E-state index contributed by atoms with van der Waals surface area (Å²) in [5, 5.41) is 4.88. The predicted octanol–water partition coefficient (Wildman–Crippen LogP) is 0.225. The first-order chi connectivity index (χ1) is 5.04. The van der Waals surface area contributed by atoms with Gasteiger partial charge in [-0.1, -0.05) is 6.92 Å². The second kappa shape index (κ2) is 2.67. The van der Waals surface area contributed by atoms with Crippen LogP contribution in [-0.2, 0) is 16.4 Å². The van der Waals surface area contributed by atoms with Crippen molar-refractivity contribution in [1.29, 1.82) is 0 Å². The summed E-state index contributed by atoms with van der Waals surface area (Å²) in [6.45, 7) is 1.93. The van der Waals surface area contributed by atoms with Crippen molar-refractivity contribution in [2.24, 2.45) is 5.14 Å². The molecule has 0 saturated carbocycles. The van der Waals surface area contributed by atoms with Crippen molar-refractivity contribution in [1.82, 2.24) is 4.98 Å². The van der Waals surface area contributed by atoms with E-state index in [9.17, 15) is 8.42 Å². The molecule has 1 rings (SSSR count). The van der Waals surface area contributed by atoms with Crippen LogP contribution in [0.1, 0.15) is 12.6 Å². The predicted molar refractivity (Wildman–Crippen MR) is 41.5 cm³/mol. The summed E-state index contributed by atoms with van der Waals surface area (Å²) >= 11 is 0. The molecule has 0 atom stereocenters. The van der Waals surface area contributed by atoms with Gasteiger partial charge in [0, 0.05) is 11.9 Å². The normalized spacial score (nSPS) is 11.8. The number of nitrogens with two attached hydrogens (primary N) is 1. The molecule has 0 radical (unpaired) electrons.